The van der Waals surface area contributed by atoms with Crippen LogP contribution in [0.3, 0.4) is 0 Å². The fourth-order valence-electron chi connectivity index (χ4n) is 2.20. The van der Waals surface area contributed by atoms with Crippen molar-refractivity contribution in [2.45, 2.75) is 18.1 Å². The van der Waals surface area contributed by atoms with Gasteiger partial charge in [-0.3, -0.25) is 0 Å². The molecule has 0 spiro atoms. The fourth-order valence-corrected chi connectivity index (χ4v) is 3.72. The topological polar surface area (TPSA) is 82.8 Å². The first kappa shape index (κ1) is 9.71. The van der Waals surface area contributed by atoms with Crippen molar-refractivity contribution >= 4 is 16.1 Å². The minimum Gasteiger partial charge on any atom is -0.467 e. The predicted octanol–water partition coefficient (Wildman–Crippen LogP) is 0.235. The van der Waals surface area contributed by atoms with E-state index < -0.39 is 20.8 Å². The number of furan rings is 1. The molecule has 16 heavy (non-hydrogen) atoms. The van der Waals surface area contributed by atoms with Crippen LogP contribution in [0.4, 0.5) is 0 Å². The largest absolute Gasteiger partial charge is 0.467 e. The number of carbonyl (C=O) groups excluding carboxylic acids is 1. The quantitative estimate of drug-likeness (QED) is 0.519. The van der Waals surface area contributed by atoms with E-state index in [1.54, 1.807) is 6.92 Å². The molecule has 2 aliphatic rings. The van der Waals surface area contributed by atoms with Crippen LogP contribution in [0, 0.1) is 6.92 Å². The second-order valence-corrected chi connectivity index (χ2v) is 5.61. The highest BCUT2D eigenvalue weighted by Gasteiger charge is 2.69. The van der Waals surface area contributed by atoms with Gasteiger partial charge in [-0.15, -0.1) is 0 Å². The number of carbonyl (C=O) groups is 1. The van der Waals surface area contributed by atoms with E-state index in [0.717, 1.165) is 7.11 Å². The maximum atomic E-state index is 11.9. The lowest BCUT2D eigenvalue weighted by Crippen LogP contribution is -2.42. The van der Waals surface area contributed by atoms with E-state index in [9.17, 15) is 13.2 Å². The van der Waals surface area contributed by atoms with Crippen molar-refractivity contribution in [3.05, 3.63) is 17.1 Å². The van der Waals surface area contributed by atoms with Crippen molar-refractivity contribution in [2.24, 2.45) is 0 Å². The molecule has 0 aromatic carbocycles. The average molecular weight is 244 g/mol. The van der Waals surface area contributed by atoms with Gasteiger partial charge in [-0.1, -0.05) is 0 Å². The van der Waals surface area contributed by atoms with Gasteiger partial charge in [0.2, 0.25) is 0 Å². The zero-order valence-corrected chi connectivity index (χ0v) is 9.38. The van der Waals surface area contributed by atoms with Crippen LogP contribution in [0.15, 0.2) is 4.42 Å². The van der Waals surface area contributed by atoms with Crippen LogP contribution >= 0.6 is 0 Å². The Morgan fingerprint density at radius 3 is 2.75 bits per heavy atom. The van der Waals surface area contributed by atoms with Gasteiger partial charge in [0.1, 0.15) is 5.76 Å². The molecule has 1 aromatic heterocycles. The van der Waals surface area contributed by atoms with Crippen molar-refractivity contribution in [1.29, 1.82) is 0 Å². The summed E-state index contributed by atoms with van der Waals surface area (Å²) >= 11 is 0. The maximum Gasteiger partial charge on any atom is 0.339 e. The smallest absolute Gasteiger partial charge is 0.339 e. The molecule has 0 aliphatic carbocycles. The van der Waals surface area contributed by atoms with Crippen molar-refractivity contribution in [3.8, 4) is 5.75 Å². The first-order chi connectivity index (χ1) is 7.44. The highest BCUT2D eigenvalue weighted by atomic mass is 32.2. The minimum absolute atomic E-state index is 0.0350. The van der Waals surface area contributed by atoms with E-state index in [4.69, 9.17) is 8.60 Å². The molecular formula is C9H8O6S. The Morgan fingerprint density at radius 1 is 1.50 bits per heavy atom. The first-order valence-electron chi connectivity index (χ1n) is 4.59. The Balaban J connectivity index is 2.34. The van der Waals surface area contributed by atoms with Crippen molar-refractivity contribution in [3.63, 3.8) is 0 Å². The van der Waals surface area contributed by atoms with Crippen LogP contribution in [0.2, 0.25) is 0 Å². The molecule has 1 atom stereocenters. The molecule has 1 unspecified atom stereocenters. The molecule has 3 rings (SSSR count). The lowest BCUT2D eigenvalue weighted by molar-refractivity contribution is -0.144. The average Bonchev–Trinajstić information content (AvgIpc) is 2.79. The van der Waals surface area contributed by atoms with Crippen LogP contribution in [0.5, 0.6) is 5.75 Å². The molecule has 1 aromatic rings. The van der Waals surface area contributed by atoms with Gasteiger partial charge < -0.3 is 13.3 Å². The molecule has 0 saturated carbocycles. The van der Waals surface area contributed by atoms with Crippen LogP contribution in [-0.4, -0.2) is 21.5 Å². The van der Waals surface area contributed by atoms with Gasteiger partial charge in [-0.2, -0.15) is 8.42 Å². The zero-order valence-electron chi connectivity index (χ0n) is 8.56. The van der Waals surface area contributed by atoms with Gasteiger partial charge in [0, 0.05) is 12.0 Å². The number of hydrogen-bond donors (Lipinski definition) is 0. The summed E-state index contributed by atoms with van der Waals surface area (Å²) < 4.78 is 36.6. The van der Waals surface area contributed by atoms with Crippen LogP contribution in [0.1, 0.15) is 17.1 Å². The molecule has 7 heteroatoms. The number of rotatable bonds is 1. The third kappa shape index (κ3) is 0.733. The van der Waals surface area contributed by atoms with Crippen LogP contribution < -0.4 is 4.18 Å². The van der Waals surface area contributed by atoms with Crippen molar-refractivity contribution in [2.75, 3.05) is 7.11 Å². The van der Waals surface area contributed by atoms with Crippen molar-refractivity contribution < 1.29 is 26.5 Å². The molecule has 0 N–H and O–H groups in total. The summed E-state index contributed by atoms with van der Waals surface area (Å²) in [6.45, 7) is 1.69. The van der Waals surface area contributed by atoms with E-state index >= 15 is 0 Å². The Kier molecular flexibility index (Phi) is 1.47. The SMILES string of the molecule is COC(=O)C12Cc3oc1c(c3C)OS2(=O)=O. The number of hydrogen-bond acceptors (Lipinski definition) is 6. The summed E-state index contributed by atoms with van der Waals surface area (Å²) in [6, 6.07) is 0. The summed E-state index contributed by atoms with van der Waals surface area (Å²) in [5, 5.41) is 0. The monoisotopic (exact) mass is 244 g/mol. The Bertz CT molecular complexity index is 610. The lowest BCUT2D eigenvalue weighted by atomic mass is 9.94. The summed E-state index contributed by atoms with van der Waals surface area (Å²) in [5.74, 6) is -0.185. The maximum absolute atomic E-state index is 11.9. The Morgan fingerprint density at radius 2 is 2.19 bits per heavy atom. The number of ether oxygens (including phenoxy) is 1. The highest BCUT2D eigenvalue weighted by Crippen LogP contribution is 2.56. The molecular weight excluding hydrogens is 236 g/mol. The van der Waals surface area contributed by atoms with Crippen molar-refractivity contribution in [1.82, 2.24) is 0 Å². The summed E-state index contributed by atoms with van der Waals surface area (Å²) in [6.07, 6.45) is -0.0350. The second-order valence-electron chi connectivity index (χ2n) is 3.84. The molecule has 6 nitrogen and oxygen atoms in total. The molecule has 0 fully saturated rings. The zero-order chi connectivity index (χ0) is 11.7. The summed E-state index contributed by atoms with van der Waals surface area (Å²) in [5.41, 5.74) is 0.635. The summed E-state index contributed by atoms with van der Waals surface area (Å²) in [4.78, 5) is 11.7. The minimum atomic E-state index is -4.05. The van der Waals surface area contributed by atoms with E-state index in [2.05, 4.69) is 4.74 Å². The number of fused-ring (bicyclic) bond motifs is 1. The van der Waals surface area contributed by atoms with E-state index in [0.29, 0.717) is 11.3 Å². The molecule has 0 amide bonds. The molecule has 0 radical (unpaired) electrons. The van der Waals surface area contributed by atoms with Gasteiger partial charge in [-0.05, 0) is 6.92 Å². The second kappa shape index (κ2) is 2.42. The first-order valence-corrected chi connectivity index (χ1v) is 6.00. The Hall–Kier alpha value is -1.50. The van der Waals surface area contributed by atoms with Crippen LogP contribution in [0.25, 0.3) is 0 Å². The fraction of sp³-hybridized carbons (Fsp3) is 0.444. The molecule has 86 valence electrons. The van der Waals surface area contributed by atoms with Gasteiger partial charge in [0.15, 0.2) is 11.5 Å². The molecule has 2 bridgehead atoms. The summed E-state index contributed by atoms with van der Waals surface area (Å²) in [7, 11) is -2.92. The van der Waals surface area contributed by atoms with Gasteiger partial charge in [0.05, 0.1) is 7.11 Å². The number of esters is 1. The molecule has 3 heterocycles. The van der Waals surface area contributed by atoms with Gasteiger partial charge >= 0.3 is 16.1 Å². The normalized spacial score (nSPS) is 27.9. The van der Waals surface area contributed by atoms with Gasteiger partial charge in [-0.25, -0.2) is 4.79 Å². The van der Waals surface area contributed by atoms with Crippen LogP contribution in [-0.2, 0) is 30.8 Å². The molecule has 2 aliphatic heterocycles. The third-order valence-electron chi connectivity index (χ3n) is 3.10. The van der Waals surface area contributed by atoms with E-state index in [1.807, 2.05) is 0 Å². The standard InChI is InChI=1S/C9H8O6S/c1-4-5-3-9(8(10)13-2)7(14-5)6(4)15-16(9,11)12/h3H2,1-2H3. The van der Waals surface area contributed by atoms with E-state index in [1.165, 1.54) is 0 Å². The van der Waals surface area contributed by atoms with E-state index in [-0.39, 0.29) is 17.9 Å². The Labute approximate surface area is 91.3 Å². The third-order valence-corrected chi connectivity index (χ3v) is 4.84. The number of methoxy groups -OCH3 is 1. The van der Waals surface area contributed by atoms with Gasteiger partial charge in [0.25, 0.3) is 4.75 Å². The highest BCUT2D eigenvalue weighted by molar-refractivity contribution is 7.89. The predicted molar refractivity (Wildman–Crippen MR) is 50.4 cm³/mol. The lowest BCUT2D eigenvalue weighted by Gasteiger charge is -2.16. The molecule has 0 saturated heterocycles.